The third kappa shape index (κ3) is 2.99. The largest absolute Gasteiger partial charge is 0.508 e. The minimum Gasteiger partial charge on any atom is -0.508 e. The molecule has 5 nitrogen and oxygen atoms in total. The molecule has 1 aromatic carbocycles. The molecule has 0 saturated heterocycles. The molecule has 0 aliphatic heterocycles. The van der Waals surface area contributed by atoms with E-state index < -0.39 is 23.0 Å². The second-order valence-corrected chi connectivity index (χ2v) is 6.53. The fourth-order valence-corrected chi connectivity index (χ4v) is 2.39. The van der Waals surface area contributed by atoms with Gasteiger partial charge >= 0.3 is 6.09 Å². The zero-order valence-corrected chi connectivity index (χ0v) is 12.7. The molecule has 7 heteroatoms. The number of ether oxygens (including phenoxy) is 1. The number of phenols is 1. The van der Waals surface area contributed by atoms with Gasteiger partial charge in [-0.1, -0.05) is 6.07 Å². The first kappa shape index (κ1) is 16.5. The van der Waals surface area contributed by atoms with Crippen LogP contribution in [0.2, 0.25) is 0 Å². The molecule has 2 rings (SSSR count). The zero-order chi connectivity index (χ0) is 16.8. The van der Waals surface area contributed by atoms with E-state index in [-0.39, 0.29) is 30.0 Å². The van der Waals surface area contributed by atoms with Gasteiger partial charge in [-0.05, 0) is 26.8 Å². The number of nitrogens with one attached hydrogen (secondary N) is 1. The number of hydrogen-bond acceptors (Lipinski definition) is 4. The van der Waals surface area contributed by atoms with Gasteiger partial charge in [-0.15, -0.1) is 0 Å². The number of benzene rings is 1. The lowest BCUT2D eigenvalue weighted by atomic mass is 9.94. The van der Waals surface area contributed by atoms with Gasteiger partial charge in [-0.2, -0.15) is 0 Å². The molecule has 0 radical (unpaired) electrons. The van der Waals surface area contributed by atoms with Gasteiger partial charge in [0.15, 0.2) is 0 Å². The second-order valence-electron chi connectivity index (χ2n) is 6.53. The highest BCUT2D eigenvalue weighted by Crippen LogP contribution is 2.62. The van der Waals surface area contributed by atoms with E-state index in [9.17, 15) is 18.7 Å². The number of nitrogens with two attached hydrogens (primary N) is 1. The quantitative estimate of drug-likeness (QED) is 0.801. The van der Waals surface area contributed by atoms with Gasteiger partial charge in [-0.25, -0.2) is 13.6 Å². The summed E-state index contributed by atoms with van der Waals surface area (Å²) in [5.41, 5.74) is 3.63. The molecule has 1 fully saturated rings. The molecule has 0 aromatic heterocycles. The number of hydrogen-bond donors (Lipinski definition) is 3. The Morgan fingerprint density at radius 3 is 2.45 bits per heavy atom. The number of carbonyl (C=O) groups is 1. The summed E-state index contributed by atoms with van der Waals surface area (Å²) >= 11 is 0. The van der Waals surface area contributed by atoms with Crippen LogP contribution in [0.4, 0.5) is 19.3 Å². The molecular formula is C15H20F2N2O3. The van der Waals surface area contributed by atoms with Gasteiger partial charge in [0.05, 0.1) is 5.41 Å². The summed E-state index contributed by atoms with van der Waals surface area (Å²) in [4.78, 5) is 11.6. The van der Waals surface area contributed by atoms with Gasteiger partial charge in [-0.3, -0.25) is 5.32 Å². The topological polar surface area (TPSA) is 84.6 Å². The number of halogens is 2. The lowest BCUT2D eigenvalue weighted by molar-refractivity contribution is 0.0635. The van der Waals surface area contributed by atoms with Crippen molar-refractivity contribution >= 4 is 11.8 Å². The Balaban J connectivity index is 2.16. The van der Waals surface area contributed by atoms with Gasteiger partial charge in [0, 0.05) is 30.3 Å². The van der Waals surface area contributed by atoms with Gasteiger partial charge in [0.2, 0.25) is 0 Å². The average Bonchev–Trinajstić information content (AvgIpc) is 2.90. The summed E-state index contributed by atoms with van der Waals surface area (Å²) in [6, 6.07) is 4.01. The lowest BCUT2D eigenvalue weighted by Gasteiger charge is -2.20. The van der Waals surface area contributed by atoms with Crippen LogP contribution in [0.1, 0.15) is 32.8 Å². The number of alkyl halides is 2. The first-order valence-corrected chi connectivity index (χ1v) is 6.92. The summed E-state index contributed by atoms with van der Waals surface area (Å²) in [5.74, 6) is -3.24. The molecule has 1 saturated carbocycles. The van der Waals surface area contributed by atoms with Crippen molar-refractivity contribution < 1.29 is 23.4 Å². The van der Waals surface area contributed by atoms with Crippen LogP contribution < -0.4 is 11.1 Å². The minimum absolute atomic E-state index is 0.0924. The first-order valence-electron chi connectivity index (χ1n) is 6.92. The maximum Gasteiger partial charge on any atom is 0.412 e. The van der Waals surface area contributed by atoms with Crippen molar-refractivity contribution in [3.8, 4) is 5.75 Å². The molecule has 0 bridgehead atoms. The van der Waals surface area contributed by atoms with Crippen LogP contribution in [-0.2, 0) is 10.2 Å². The molecule has 0 spiro atoms. The number of anilines is 1. The number of amides is 1. The third-order valence-electron chi connectivity index (χ3n) is 3.61. The smallest absolute Gasteiger partial charge is 0.412 e. The summed E-state index contributed by atoms with van der Waals surface area (Å²) in [5, 5.41) is 12.4. The van der Waals surface area contributed by atoms with E-state index in [1.165, 1.54) is 18.2 Å². The van der Waals surface area contributed by atoms with Crippen LogP contribution in [0.3, 0.4) is 0 Å². The van der Waals surface area contributed by atoms with E-state index in [4.69, 9.17) is 10.5 Å². The monoisotopic (exact) mass is 314 g/mol. The Labute approximate surface area is 127 Å². The normalized spacial score (nSPS) is 23.0. The SMILES string of the molecule is CC(C)(C)OC(=O)Nc1ccc(C2(CN)CC2(F)F)c(O)c1. The molecule has 0 heterocycles. The van der Waals surface area contributed by atoms with Crippen LogP contribution >= 0.6 is 0 Å². The number of rotatable bonds is 3. The Bertz CT molecular complexity index is 599. The molecular weight excluding hydrogens is 294 g/mol. The fourth-order valence-electron chi connectivity index (χ4n) is 2.39. The maximum atomic E-state index is 13.5. The molecule has 22 heavy (non-hydrogen) atoms. The predicted molar refractivity (Wildman–Crippen MR) is 78.3 cm³/mol. The van der Waals surface area contributed by atoms with Crippen LogP contribution in [0.5, 0.6) is 5.75 Å². The molecule has 1 unspecified atom stereocenters. The van der Waals surface area contributed by atoms with E-state index in [0.717, 1.165) is 0 Å². The van der Waals surface area contributed by atoms with E-state index in [2.05, 4.69) is 5.32 Å². The molecule has 1 aliphatic rings. The van der Waals surface area contributed by atoms with Crippen LogP contribution in [0, 0.1) is 0 Å². The van der Waals surface area contributed by atoms with Gasteiger partial charge < -0.3 is 15.6 Å². The Kier molecular flexibility index (Phi) is 3.81. The highest BCUT2D eigenvalue weighted by atomic mass is 19.3. The lowest BCUT2D eigenvalue weighted by Crippen LogP contribution is -2.28. The molecule has 1 aliphatic carbocycles. The van der Waals surface area contributed by atoms with Crippen LogP contribution in [0.25, 0.3) is 0 Å². The minimum atomic E-state index is -2.92. The van der Waals surface area contributed by atoms with Gasteiger partial charge in [0.25, 0.3) is 5.92 Å². The number of aromatic hydroxyl groups is 1. The van der Waals surface area contributed by atoms with Crippen molar-refractivity contribution in [2.24, 2.45) is 5.73 Å². The van der Waals surface area contributed by atoms with Crippen molar-refractivity contribution in [1.29, 1.82) is 0 Å². The summed E-state index contributed by atoms with van der Waals surface area (Å²) in [7, 11) is 0. The molecule has 4 N–H and O–H groups in total. The number of phenolic OH excluding ortho intramolecular Hbond substituents is 1. The second kappa shape index (κ2) is 5.08. The fraction of sp³-hybridized carbons (Fsp3) is 0.533. The van der Waals surface area contributed by atoms with Crippen molar-refractivity contribution in [2.45, 2.75) is 44.1 Å². The predicted octanol–water partition coefficient (Wildman–Crippen LogP) is 2.97. The van der Waals surface area contributed by atoms with Crippen LogP contribution in [0.15, 0.2) is 18.2 Å². The third-order valence-corrected chi connectivity index (χ3v) is 3.61. The Morgan fingerprint density at radius 2 is 2.05 bits per heavy atom. The van der Waals surface area contributed by atoms with Crippen LogP contribution in [-0.4, -0.2) is 29.3 Å². The molecule has 1 atom stereocenters. The van der Waals surface area contributed by atoms with E-state index in [1.807, 2.05) is 0 Å². The number of carbonyl (C=O) groups excluding carboxylic acids is 1. The summed E-state index contributed by atoms with van der Waals surface area (Å²) in [6.07, 6.45) is -1.08. The van der Waals surface area contributed by atoms with Crippen molar-refractivity contribution in [1.82, 2.24) is 0 Å². The van der Waals surface area contributed by atoms with Crippen molar-refractivity contribution in [3.05, 3.63) is 23.8 Å². The van der Waals surface area contributed by atoms with E-state index in [1.54, 1.807) is 20.8 Å². The average molecular weight is 314 g/mol. The highest BCUT2D eigenvalue weighted by molar-refractivity contribution is 5.85. The summed E-state index contributed by atoms with van der Waals surface area (Å²) < 4.78 is 32.1. The Hall–Kier alpha value is -1.89. The Morgan fingerprint density at radius 1 is 1.45 bits per heavy atom. The van der Waals surface area contributed by atoms with E-state index >= 15 is 0 Å². The van der Waals surface area contributed by atoms with Crippen molar-refractivity contribution in [3.63, 3.8) is 0 Å². The summed E-state index contributed by atoms with van der Waals surface area (Å²) in [6.45, 7) is 4.89. The van der Waals surface area contributed by atoms with Gasteiger partial charge in [0.1, 0.15) is 11.4 Å². The molecule has 122 valence electrons. The molecule has 1 aromatic rings. The maximum absolute atomic E-state index is 13.5. The standard InChI is InChI=1S/C15H20F2N2O3/c1-13(2,3)22-12(21)19-9-4-5-10(11(20)6-9)14(8-18)7-15(14,16)17/h4-6,20H,7-8,18H2,1-3H3,(H,19,21). The van der Waals surface area contributed by atoms with E-state index in [0.29, 0.717) is 0 Å². The van der Waals surface area contributed by atoms with Crippen molar-refractivity contribution in [2.75, 3.05) is 11.9 Å². The first-order chi connectivity index (χ1) is 10.0. The zero-order valence-electron chi connectivity index (χ0n) is 12.7. The highest BCUT2D eigenvalue weighted by Gasteiger charge is 2.71. The molecule has 1 amide bonds.